The molecule has 5 heteroatoms. The average molecular weight is 319 g/mol. The summed E-state index contributed by atoms with van der Waals surface area (Å²) in [5.74, 6) is -0.259. The molecule has 0 aliphatic heterocycles. The third-order valence-corrected chi connectivity index (χ3v) is 4.20. The van der Waals surface area contributed by atoms with Crippen molar-refractivity contribution < 1.29 is 9.50 Å². The highest BCUT2D eigenvalue weighted by Gasteiger charge is 2.23. The van der Waals surface area contributed by atoms with Gasteiger partial charge in [-0.25, -0.2) is 9.07 Å². The molecular formula is C18H26FN3O. The minimum atomic E-state index is -0.419. The third kappa shape index (κ3) is 4.18. The fourth-order valence-corrected chi connectivity index (χ4v) is 2.39. The second-order valence-electron chi connectivity index (χ2n) is 7.09. The Morgan fingerprint density at radius 2 is 1.87 bits per heavy atom. The number of nitrogens with one attached hydrogen (secondary N) is 1. The van der Waals surface area contributed by atoms with E-state index in [1.165, 1.54) is 12.1 Å². The van der Waals surface area contributed by atoms with Crippen LogP contribution in [-0.2, 0) is 0 Å². The summed E-state index contributed by atoms with van der Waals surface area (Å²) in [5.41, 5.74) is 2.74. The normalized spacial score (nSPS) is 14.7. The van der Waals surface area contributed by atoms with E-state index in [9.17, 15) is 9.50 Å². The van der Waals surface area contributed by atoms with Crippen molar-refractivity contribution in [1.29, 1.82) is 0 Å². The number of benzene rings is 1. The van der Waals surface area contributed by atoms with Gasteiger partial charge in [0.1, 0.15) is 5.82 Å². The maximum absolute atomic E-state index is 13.0. The molecule has 0 amide bonds. The van der Waals surface area contributed by atoms with E-state index in [4.69, 9.17) is 0 Å². The fraction of sp³-hybridized carbons (Fsp3) is 0.500. The lowest BCUT2D eigenvalue weighted by atomic mass is 9.89. The molecule has 0 fully saturated rings. The third-order valence-electron chi connectivity index (χ3n) is 4.20. The molecule has 0 saturated carbocycles. The highest BCUT2D eigenvalue weighted by atomic mass is 19.1. The summed E-state index contributed by atoms with van der Waals surface area (Å²) < 4.78 is 14.8. The SMILES string of the molecule is Cc1c(C(C)NCC(O)C(C)(C)C)cnn1-c1ccc(F)cc1. The number of nitrogens with zero attached hydrogens (tertiary/aromatic N) is 2. The Balaban J connectivity index is 2.11. The van der Waals surface area contributed by atoms with Gasteiger partial charge in [-0.1, -0.05) is 20.8 Å². The predicted molar refractivity (Wildman–Crippen MR) is 90.1 cm³/mol. The molecule has 0 bridgehead atoms. The molecular weight excluding hydrogens is 293 g/mol. The van der Waals surface area contributed by atoms with Crippen molar-refractivity contribution in [3.05, 3.63) is 47.5 Å². The van der Waals surface area contributed by atoms with Crippen molar-refractivity contribution in [2.24, 2.45) is 5.41 Å². The first-order valence-corrected chi connectivity index (χ1v) is 7.92. The molecule has 126 valence electrons. The number of hydrogen-bond donors (Lipinski definition) is 2. The minimum absolute atomic E-state index is 0.0706. The number of aliphatic hydroxyl groups excluding tert-OH is 1. The van der Waals surface area contributed by atoms with Crippen LogP contribution in [0.2, 0.25) is 0 Å². The summed E-state index contributed by atoms with van der Waals surface area (Å²) in [6.07, 6.45) is 1.40. The van der Waals surface area contributed by atoms with Crippen LogP contribution in [0.15, 0.2) is 30.5 Å². The van der Waals surface area contributed by atoms with Crippen LogP contribution in [0, 0.1) is 18.2 Å². The molecule has 2 aromatic rings. The zero-order valence-corrected chi connectivity index (χ0v) is 14.5. The molecule has 2 rings (SSSR count). The molecule has 4 nitrogen and oxygen atoms in total. The van der Waals surface area contributed by atoms with Crippen molar-refractivity contribution in [3.63, 3.8) is 0 Å². The van der Waals surface area contributed by atoms with Gasteiger partial charge in [-0.05, 0) is 43.5 Å². The molecule has 1 aromatic carbocycles. The first kappa shape index (κ1) is 17.6. The summed E-state index contributed by atoms with van der Waals surface area (Å²) in [5, 5.41) is 17.9. The summed E-state index contributed by atoms with van der Waals surface area (Å²) in [6.45, 7) is 10.6. The molecule has 0 aliphatic rings. The largest absolute Gasteiger partial charge is 0.391 e. The number of halogens is 1. The second-order valence-corrected chi connectivity index (χ2v) is 7.09. The second kappa shape index (κ2) is 6.81. The van der Waals surface area contributed by atoms with E-state index in [0.717, 1.165) is 16.9 Å². The van der Waals surface area contributed by atoms with Crippen LogP contribution in [0.5, 0.6) is 0 Å². The fourth-order valence-electron chi connectivity index (χ4n) is 2.39. The quantitative estimate of drug-likeness (QED) is 0.888. The van der Waals surface area contributed by atoms with E-state index in [1.807, 2.05) is 40.8 Å². The molecule has 2 unspecified atom stereocenters. The molecule has 2 atom stereocenters. The highest BCUT2D eigenvalue weighted by molar-refractivity contribution is 5.35. The van der Waals surface area contributed by atoms with Crippen LogP contribution in [0.3, 0.4) is 0 Å². The summed E-state index contributed by atoms with van der Waals surface area (Å²) in [4.78, 5) is 0. The first-order valence-electron chi connectivity index (χ1n) is 7.92. The first-order chi connectivity index (χ1) is 10.7. The summed E-state index contributed by atoms with van der Waals surface area (Å²) >= 11 is 0. The molecule has 0 saturated heterocycles. The lowest BCUT2D eigenvalue weighted by Gasteiger charge is -2.27. The molecule has 2 N–H and O–H groups in total. The van der Waals surface area contributed by atoms with E-state index in [0.29, 0.717) is 6.54 Å². The zero-order chi connectivity index (χ0) is 17.2. The van der Waals surface area contributed by atoms with E-state index in [1.54, 1.807) is 16.8 Å². The number of aromatic nitrogens is 2. The van der Waals surface area contributed by atoms with Crippen molar-refractivity contribution >= 4 is 0 Å². The zero-order valence-electron chi connectivity index (χ0n) is 14.5. The van der Waals surface area contributed by atoms with Gasteiger partial charge in [-0.3, -0.25) is 0 Å². The Kier molecular flexibility index (Phi) is 5.22. The number of rotatable bonds is 5. The molecule has 0 spiro atoms. The van der Waals surface area contributed by atoms with Crippen molar-refractivity contribution in [3.8, 4) is 5.69 Å². The smallest absolute Gasteiger partial charge is 0.123 e. The molecule has 0 aliphatic carbocycles. The topological polar surface area (TPSA) is 50.1 Å². The standard InChI is InChI=1S/C18H26FN3O/c1-12(20-11-17(23)18(3,4)5)16-10-21-22(13(16)2)15-8-6-14(19)7-9-15/h6-10,12,17,20,23H,11H2,1-5H3. The van der Waals surface area contributed by atoms with Crippen LogP contribution >= 0.6 is 0 Å². The lowest BCUT2D eigenvalue weighted by Crippen LogP contribution is -2.37. The molecule has 0 radical (unpaired) electrons. The van der Waals surface area contributed by atoms with Crippen molar-refractivity contribution in [2.45, 2.75) is 46.8 Å². The van der Waals surface area contributed by atoms with E-state index >= 15 is 0 Å². The van der Waals surface area contributed by atoms with Crippen LogP contribution in [0.25, 0.3) is 5.69 Å². The highest BCUT2D eigenvalue weighted by Crippen LogP contribution is 2.22. The molecule has 23 heavy (non-hydrogen) atoms. The van der Waals surface area contributed by atoms with Crippen molar-refractivity contribution in [2.75, 3.05) is 6.54 Å². The van der Waals surface area contributed by atoms with E-state index in [-0.39, 0.29) is 17.3 Å². The Morgan fingerprint density at radius 3 is 2.43 bits per heavy atom. The van der Waals surface area contributed by atoms with Crippen LogP contribution in [-0.4, -0.2) is 27.5 Å². The molecule has 1 aromatic heterocycles. The molecule has 1 heterocycles. The van der Waals surface area contributed by atoms with Gasteiger partial charge >= 0.3 is 0 Å². The Hall–Kier alpha value is -1.72. The van der Waals surface area contributed by atoms with Crippen LogP contribution in [0.1, 0.15) is 45.0 Å². The van der Waals surface area contributed by atoms with E-state index in [2.05, 4.69) is 10.4 Å². The van der Waals surface area contributed by atoms with E-state index < -0.39 is 6.10 Å². The average Bonchev–Trinajstić information content (AvgIpc) is 2.86. The predicted octanol–water partition coefficient (Wildman–Crippen LogP) is 3.38. The number of hydrogen-bond acceptors (Lipinski definition) is 3. The van der Waals surface area contributed by atoms with Gasteiger partial charge in [0.15, 0.2) is 0 Å². The Bertz CT molecular complexity index is 643. The van der Waals surface area contributed by atoms with Crippen molar-refractivity contribution in [1.82, 2.24) is 15.1 Å². The van der Waals surface area contributed by atoms with Gasteiger partial charge in [-0.2, -0.15) is 5.10 Å². The van der Waals surface area contributed by atoms with Crippen LogP contribution < -0.4 is 5.32 Å². The number of aliphatic hydroxyl groups is 1. The van der Waals surface area contributed by atoms with Gasteiger partial charge < -0.3 is 10.4 Å². The van der Waals surface area contributed by atoms with Gasteiger partial charge in [0.05, 0.1) is 18.0 Å². The summed E-state index contributed by atoms with van der Waals surface area (Å²) in [6, 6.07) is 6.34. The Morgan fingerprint density at radius 1 is 1.26 bits per heavy atom. The van der Waals surface area contributed by atoms with Gasteiger partial charge in [-0.15, -0.1) is 0 Å². The minimum Gasteiger partial charge on any atom is -0.391 e. The maximum Gasteiger partial charge on any atom is 0.123 e. The van der Waals surface area contributed by atoms with Gasteiger partial charge in [0, 0.05) is 23.8 Å². The van der Waals surface area contributed by atoms with Gasteiger partial charge in [0.2, 0.25) is 0 Å². The summed E-state index contributed by atoms with van der Waals surface area (Å²) in [7, 11) is 0. The maximum atomic E-state index is 13.0. The van der Waals surface area contributed by atoms with Gasteiger partial charge in [0.25, 0.3) is 0 Å². The monoisotopic (exact) mass is 319 g/mol. The lowest BCUT2D eigenvalue weighted by molar-refractivity contribution is 0.0609. The van der Waals surface area contributed by atoms with Crippen LogP contribution in [0.4, 0.5) is 4.39 Å². The Labute approximate surface area is 137 Å².